The molecule has 0 saturated heterocycles. The van der Waals surface area contributed by atoms with E-state index in [2.05, 4.69) is 9.71 Å². The molecule has 0 amide bonds. The highest BCUT2D eigenvalue weighted by atomic mass is 32.2. The van der Waals surface area contributed by atoms with E-state index in [9.17, 15) is 12.8 Å². The molecular weight excluding hydrogens is 347 g/mol. The molecular formula is C17H13FN2O4S. The maximum Gasteiger partial charge on any atom is 0.262 e. The molecule has 2 heterocycles. The summed E-state index contributed by atoms with van der Waals surface area (Å²) in [5.41, 5.74) is 0.332. The van der Waals surface area contributed by atoms with Crippen LogP contribution in [0.4, 0.5) is 10.1 Å². The molecule has 2 aromatic carbocycles. The first-order valence-corrected chi connectivity index (χ1v) is 8.99. The summed E-state index contributed by atoms with van der Waals surface area (Å²) in [6.45, 7) is 0.851. The summed E-state index contributed by atoms with van der Waals surface area (Å²) in [4.78, 5) is 3.87. The van der Waals surface area contributed by atoms with Crippen LogP contribution in [0.15, 0.2) is 53.6 Å². The molecule has 6 nitrogen and oxygen atoms in total. The minimum atomic E-state index is -3.94. The first-order valence-electron chi connectivity index (χ1n) is 7.50. The third kappa shape index (κ3) is 2.85. The highest BCUT2D eigenvalue weighted by Crippen LogP contribution is 2.34. The molecule has 1 aliphatic rings. The molecule has 128 valence electrons. The van der Waals surface area contributed by atoms with Crippen LogP contribution in [0.2, 0.25) is 0 Å². The van der Waals surface area contributed by atoms with Crippen LogP contribution in [0.25, 0.3) is 10.9 Å². The van der Waals surface area contributed by atoms with Crippen molar-refractivity contribution in [2.24, 2.45) is 0 Å². The van der Waals surface area contributed by atoms with Crippen LogP contribution in [0, 0.1) is 5.82 Å². The van der Waals surface area contributed by atoms with E-state index in [0.29, 0.717) is 30.4 Å². The monoisotopic (exact) mass is 360 g/mol. The van der Waals surface area contributed by atoms with Crippen LogP contribution in [0.3, 0.4) is 0 Å². The fourth-order valence-electron chi connectivity index (χ4n) is 2.66. The Bertz CT molecular complexity index is 1070. The van der Waals surface area contributed by atoms with Crippen LogP contribution in [-0.2, 0) is 10.0 Å². The van der Waals surface area contributed by atoms with Crippen molar-refractivity contribution in [1.29, 1.82) is 0 Å². The van der Waals surface area contributed by atoms with Gasteiger partial charge < -0.3 is 9.47 Å². The standard InChI is InChI=1S/C17H13FN2O4S/c18-13-4-6-16(12-2-1-7-19-17(12)13)25(21,22)20-11-3-5-14-15(10-11)24-9-8-23-14/h1-7,10,20H,8-9H2. The SMILES string of the molecule is O=S(=O)(Nc1ccc2c(c1)OCCO2)c1ccc(F)c2ncccc12. The number of ether oxygens (including phenoxy) is 2. The van der Waals surface area contributed by atoms with Gasteiger partial charge in [-0.15, -0.1) is 0 Å². The number of rotatable bonds is 3. The average molecular weight is 360 g/mol. The number of hydrogen-bond donors (Lipinski definition) is 1. The molecule has 1 N–H and O–H groups in total. The van der Waals surface area contributed by atoms with E-state index in [1.165, 1.54) is 18.3 Å². The molecule has 0 saturated carbocycles. The molecule has 0 radical (unpaired) electrons. The van der Waals surface area contributed by atoms with Gasteiger partial charge in [-0.2, -0.15) is 0 Å². The van der Waals surface area contributed by atoms with Crippen LogP contribution >= 0.6 is 0 Å². The second-order valence-electron chi connectivity index (χ2n) is 5.41. The molecule has 0 fully saturated rings. The number of benzene rings is 2. The van der Waals surface area contributed by atoms with Crippen molar-refractivity contribution in [2.75, 3.05) is 17.9 Å². The van der Waals surface area contributed by atoms with Crippen molar-refractivity contribution in [3.63, 3.8) is 0 Å². The van der Waals surface area contributed by atoms with Crippen molar-refractivity contribution >= 4 is 26.6 Å². The van der Waals surface area contributed by atoms with Gasteiger partial charge in [0.05, 0.1) is 10.6 Å². The minimum Gasteiger partial charge on any atom is -0.486 e. The third-order valence-electron chi connectivity index (χ3n) is 3.76. The highest BCUT2D eigenvalue weighted by molar-refractivity contribution is 7.93. The Balaban J connectivity index is 1.75. The van der Waals surface area contributed by atoms with Crippen LogP contribution in [0.5, 0.6) is 11.5 Å². The van der Waals surface area contributed by atoms with Gasteiger partial charge in [-0.25, -0.2) is 12.8 Å². The van der Waals surface area contributed by atoms with E-state index in [1.54, 1.807) is 24.3 Å². The summed E-state index contributed by atoms with van der Waals surface area (Å²) in [7, 11) is -3.94. The smallest absolute Gasteiger partial charge is 0.262 e. The van der Waals surface area contributed by atoms with Crippen molar-refractivity contribution < 1.29 is 22.3 Å². The zero-order valence-corrected chi connectivity index (χ0v) is 13.7. The lowest BCUT2D eigenvalue weighted by molar-refractivity contribution is 0.171. The zero-order chi connectivity index (χ0) is 17.4. The first kappa shape index (κ1) is 15.6. The van der Waals surface area contributed by atoms with Gasteiger partial charge >= 0.3 is 0 Å². The maximum absolute atomic E-state index is 13.9. The highest BCUT2D eigenvalue weighted by Gasteiger charge is 2.21. The number of aromatic nitrogens is 1. The molecule has 4 rings (SSSR count). The summed E-state index contributed by atoms with van der Waals surface area (Å²) in [6.07, 6.45) is 1.41. The Morgan fingerprint density at radius 1 is 1.04 bits per heavy atom. The lowest BCUT2D eigenvalue weighted by Crippen LogP contribution is -2.17. The van der Waals surface area contributed by atoms with Crippen molar-refractivity contribution in [3.05, 3.63) is 54.5 Å². The molecule has 0 unspecified atom stereocenters. The van der Waals surface area contributed by atoms with Gasteiger partial charge in [0, 0.05) is 17.6 Å². The largest absolute Gasteiger partial charge is 0.486 e. The molecule has 1 aliphatic heterocycles. The second-order valence-corrected chi connectivity index (χ2v) is 7.06. The molecule has 0 bridgehead atoms. The van der Waals surface area contributed by atoms with Gasteiger partial charge in [-0.1, -0.05) is 0 Å². The number of nitrogens with zero attached hydrogens (tertiary/aromatic N) is 1. The van der Waals surface area contributed by atoms with Gasteiger partial charge in [0.25, 0.3) is 10.0 Å². The van der Waals surface area contributed by atoms with Crippen molar-refractivity contribution in [3.8, 4) is 11.5 Å². The van der Waals surface area contributed by atoms with E-state index >= 15 is 0 Å². The second kappa shape index (κ2) is 5.89. The van der Waals surface area contributed by atoms with E-state index < -0.39 is 15.8 Å². The topological polar surface area (TPSA) is 77.5 Å². The Morgan fingerprint density at radius 3 is 2.68 bits per heavy atom. The van der Waals surface area contributed by atoms with Crippen LogP contribution < -0.4 is 14.2 Å². The van der Waals surface area contributed by atoms with Gasteiger partial charge in [-0.3, -0.25) is 9.71 Å². The number of nitrogens with one attached hydrogen (secondary N) is 1. The summed E-state index contributed by atoms with van der Waals surface area (Å²) < 4.78 is 52.7. The Morgan fingerprint density at radius 2 is 1.84 bits per heavy atom. The molecule has 1 aromatic heterocycles. The van der Waals surface area contributed by atoms with Gasteiger partial charge in [0.2, 0.25) is 0 Å². The normalized spacial score (nSPS) is 13.6. The number of anilines is 1. The van der Waals surface area contributed by atoms with Crippen LogP contribution in [0.1, 0.15) is 0 Å². The van der Waals surface area contributed by atoms with E-state index in [-0.39, 0.29) is 15.8 Å². The zero-order valence-electron chi connectivity index (χ0n) is 12.9. The van der Waals surface area contributed by atoms with Crippen molar-refractivity contribution in [2.45, 2.75) is 4.90 Å². The summed E-state index contributed by atoms with van der Waals surface area (Å²) in [6, 6.07) is 10.2. The first-order chi connectivity index (χ1) is 12.0. The number of pyridine rings is 1. The number of sulfonamides is 1. The summed E-state index contributed by atoms with van der Waals surface area (Å²) in [5, 5.41) is 0.215. The average Bonchev–Trinajstić information content (AvgIpc) is 2.61. The Hall–Kier alpha value is -2.87. The summed E-state index contributed by atoms with van der Waals surface area (Å²) in [5.74, 6) is 0.455. The molecule has 0 aliphatic carbocycles. The number of halogens is 1. The fourth-order valence-corrected chi connectivity index (χ4v) is 3.91. The number of fused-ring (bicyclic) bond motifs is 2. The van der Waals surface area contributed by atoms with E-state index in [1.807, 2.05) is 0 Å². The molecule has 25 heavy (non-hydrogen) atoms. The quantitative estimate of drug-likeness (QED) is 0.777. The fraction of sp³-hybridized carbons (Fsp3) is 0.118. The molecule has 0 atom stereocenters. The maximum atomic E-state index is 13.9. The van der Waals surface area contributed by atoms with Gasteiger partial charge in [-0.05, 0) is 36.4 Å². The van der Waals surface area contributed by atoms with Crippen LogP contribution in [-0.4, -0.2) is 26.6 Å². The van der Waals surface area contributed by atoms with Gasteiger partial charge in [0.1, 0.15) is 24.5 Å². The lowest BCUT2D eigenvalue weighted by atomic mass is 10.2. The van der Waals surface area contributed by atoms with E-state index in [0.717, 1.165) is 6.07 Å². The predicted molar refractivity (Wildman–Crippen MR) is 89.9 cm³/mol. The lowest BCUT2D eigenvalue weighted by Gasteiger charge is -2.19. The Labute approximate surface area is 143 Å². The Kier molecular flexibility index (Phi) is 3.69. The number of hydrogen-bond acceptors (Lipinski definition) is 5. The minimum absolute atomic E-state index is 0.00699. The summed E-state index contributed by atoms with van der Waals surface area (Å²) >= 11 is 0. The van der Waals surface area contributed by atoms with Crippen molar-refractivity contribution in [1.82, 2.24) is 4.98 Å². The molecule has 0 spiro atoms. The molecule has 3 aromatic rings. The molecule has 8 heteroatoms. The predicted octanol–water partition coefficient (Wildman–Crippen LogP) is 2.95. The van der Waals surface area contributed by atoms with E-state index in [4.69, 9.17) is 9.47 Å². The third-order valence-corrected chi connectivity index (χ3v) is 5.20. The van der Waals surface area contributed by atoms with Gasteiger partial charge in [0.15, 0.2) is 11.5 Å².